The van der Waals surface area contributed by atoms with E-state index in [4.69, 9.17) is 0 Å². The van der Waals surface area contributed by atoms with Gasteiger partial charge in [0.15, 0.2) is 0 Å². The summed E-state index contributed by atoms with van der Waals surface area (Å²) in [5.41, 5.74) is 0.807. The Morgan fingerprint density at radius 2 is 1.94 bits per heavy atom. The molecule has 0 saturated carbocycles. The van der Waals surface area contributed by atoms with Crippen LogP contribution < -0.4 is 5.32 Å². The first-order valence-electron chi connectivity index (χ1n) is 4.35. The second-order valence-corrected chi connectivity index (χ2v) is 4.75. The Hall–Kier alpha value is -1.01. The third kappa shape index (κ3) is 2.76. The van der Waals surface area contributed by atoms with Crippen molar-refractivity contribution in [1.29, 1.82) is 0 Å². The molecule has 0 amide bonds. The Labute approximate surface area is 108 Å². The van der Waals surface area contributed by atoms with Crippen molar-refractivity contribution < 1.29 is 4.39 Å². The topological polar surface area (TPSA) is 37.8 Å². The molecule has 82 valence electrons. The zero-order valence-corrected chi connectivity index (χ0v) is 11.1. The van der Waals surface area contributed by atoms with Gasteiger partial charge in [-0.2, -0.15) is 4.39 Å². The number of rotatable bonds is 2. The zero-order valence-electron chi connectivity index (χ0n) is 7.92. The average Bonchev–Trinajstić information content (AvgIpc) is 2.22. The van der Waals surface area contributed by atoms with Gasteiger partial charge in [0.2, 0.25) is 5.95 Å². The number of benzene rings is 1. The molecule has 1 aromatic heterocycles. The fourth-order valence-corrected chi connectivity index (χ4v) is 2.28. The lowest BCUT2D eigenvalue weighted by Gasteiger charge is -2.07. The van der Waals surface area contributed by atoms with Crippen LogP contribution in [0.2, 0.25) is 0 Å². The SMILES string of the molecule is Fc1cc(Nc2ccc(Br)cc2Br)ncn1. The molecule has 16 heavy (non-hydrogen) atoms. The van der Waals surface area contributed by atoms with Crippen molar-refractivity contribution in [2.75, 3.05) is 5.32 Å². The van der Waals surface area contributed by atoms with E-state index in [0.29, 0.717) is 5.82 Å². The summed E-state index contributed by atoms with van der Waals surface area (Å²) in [6.45, 7) is 0. The van der Waals surface area contributed by atoms with Gasteiger partial charge >= 0.3 is 0 Å². The molecule has 2 aromatic rings. The molecule has 0 fully saturated rings. The molecule has 0 aliphatic heterocycles. The summed E-state index contributed by atoms with van der Waals surface area (Å²) in [7, 11) is 0. The molecule has 1 heterocycles. The van der Waals surface area contributed by atoms with Crippen molar-refractivity contribution >= 4 is 43.4 Å². The van der Waals surface area contributed by atoms with E-state index < -0.39 is 5.95 Å². The second-order valence-electron chi connectivity index (χ2n) is 2.98. The van der Waals surface area contributed by atoms with Crippen LogP contribution in [0.1, 0.15) is 0 Å². The molecule has 0 atom stereocenters. The minimum Gasteiger partial charge on any atom is -0.339 e. The quantitative estimate of drug-likeness (QED) is 0.838. The molecule has 2 rings (SSSR count). The first kappa shape index (κ1) is 11.5. The number of nitrogens with one attached hydrogen (secondary N) is 1. The van der Waals surface area contributed by atoms with E-state index in [0.717, 1.165) is 14.6 Å². The fraction of sp³-hybridized carbons (Fsp3) is 0. The van der Waals surface area contributed by atoms with Gasteiger partial charge in [-0.1, -0.05) is 15.9 Å². The Kier molecular flexibility index (Phi) is 3.50. The minimum absolute atomic E-state index is 0.413. The molecule has 0 aliphatic rings. The van der Waals surface area contributed by atoms with E-state index in [1.54, 1.807) is 0 Å². The van der Waals surface area contributed by atoms with Crippen LogP contribution in [0.4, 0.5) is 15.9 Å². The molecule has 0 saturated heterocycles. The van der Waals surface area contributed by atoms with E-state index in [1.807, 2.05) is 18.2 Å². The molecule has 1 N–H and O–H groups in total. The third-order valence-electron chi connectivity index (χ3n) is 1.83. The van der Waals surface area contributed by atoms with Gasteiger partial charge in [0, 0.05) is 15.0 Å². The van der Waals surface area contributed by atoms with Crippen molar-refractivity contribution in [2.24, 2.45) is 0 Å². The van der Waals surface area contributed by atoms with Gasteiger partial charge in [0.25, 0.3) is 0 Å². The maximum Gasteiger partial charge on any atom is 0.218 e. The molecule has 0 spiro atoms. The minimum atomic E-state index is -0.564. The smallest absolute Gasteiger partial charge is 0.218 e. The summed E-state index contributed by atoms with van der Waals surface area (Å²) < 4.78 is 14.6. The van der Waals surface area contributed by atoms with Gasteiger partial charge in [-0.3, -0.25) is 0 Å². The highest BCUT2D eigenvalue weighted by atomic mass is 79.9. The molecule has 6 heteroatoms. The number of nitrogens with zero attached hydrogens (tertiary/aromatic N) is 2. The Bertz CT molecular complexity index is 519. The second kappa shape index (κ2) is 4.88. The Morgan fingerprint density at radius 3 is 2.62 bits per heavy atom. The lowest BCUT2D eigenvalue weighted by Crippen LogP contribution is -1.96. The Morgan fingerprint density at radius 1 is 1.12 bits per heavy atom. The van der Waals surface area contributed by atoms with E-state index >= 15 is 0 Å². The van der Waals surface area contributed by atoms with Crippen molar-refractivity contribution in [3.8, 4) is 0 Å². The number of hydrogen-bond donors (Lipinski definition) is 1. The van der Waals surface area contributed by atoms with Gasteiger partial charge in [-0.05, 0) is 34.1 Å². The summed E-state index contributed by atoms with van der Waals surface area (Å²) in [6.07, 6.45) is 1.17. The molecule has 0 aliphatic carbocycles. The molecule has 0 unspecified atom stereocenters. The predicted molar refractivity (Wildman–Crippen MR) is 67.1 cm³/mol. The molecule has 3 nitrogen and oxygen atoms in total. The highest BCUT2D eigenvalue weighted by Gasteiger charge is 2.02. The van der Waals surface area contributed by atoms with Crippen LogP contribution in [0.5, 0.6) is 0 Å². The van der Waals surface area contributed by atoms with Crippen LogP contribution in [0.3, 0.4) is 0 Å². The summed E-state index contributed by atoms with van der Waals surface area (Å²) in [6, 6.07) is 6.85. The fourth-order valence-electron chi connectivity index (χ4n) is 1.13. The average molecular weight is 347 g/mol. The monoisotopic (exact) mass is 345 g/mol. The van der Waals surface area contributed by atoms with Crippen LogP contribution in [-0.2, 0) is 0 Å². The maximum atomic E-state index is 12.8. The van der Waals surface area contributed by atoms with Crippen LogP contribution >= 0.6 is 31.9 Å². The normalized spacial score (nSPS) is 10.2. The van der Waals surface area contributed by atoms with Gasteiger partial charge in [0.05, 0.1) is 5.69 Å². The lowest BCUT2D eigenvalue weighted by molar-refractivity contribution is 0.580. The van der Waals surface area contributed by atoms with Crippen molar-refractivity contribution in [3.63, 3.8) is 0 Å². The zero-order chi connectivity index (χ0) is 11.5. The van der Waals surface area contributed by atoms with E-state index in [2.05, 4.69) is 47.1 Å². The maximum absolute atomic E-state index is 12.8. The van der Waals surface area contributed by atoms with Crippen molar-refractivity contribution in [3.05, 3.63) is 45.5 Å². The van der Waals surface area contributed by atoms with Crippen LogP contribution in [-0.4, -0.2) is 9.97 Å². The van der Waals surface area contributed by atoms with Gasteiger partial charge in [0.1, 0.15) is 12.1 Å². The largest absolute Gasteiger partial charge is 0.339 e. The number of anilines is 2. The van der Waals surface area contributed by atoms with E-state index in [9.17, 15) is 4.39 Å². The molecule has 0 bridgehead atoms. The number of aromatic nitrogens is 2. The predicted octanol–water partition coefficient (Wildman–Crippen LogP) is 3.88. The van der Waals surface area contributed by atoms with Crippen LogP contribution in [0.25, 0.3) is 0 Å². The summed E-state index contributed by atoms with van der Waals surface area (Å²) in [5.74, 6) is -0.152. The lowest BCUT2D eigenvalue weighted by atomic mass is 10.3. The summed E-state index contributed by atoms with van der Waals surface area (Å²) in [5, 5.41) is 2.98. The van der Waals surface area contributed by atoms with E-state index in [-0.39, 0.29) is 0 Å². The molecular weight excluding hydrogens is 341 g/mol. The summed E-state index contributed by atoms with van der Waals surface area (Å²) >= 11 is 6.74. The summed E-state index contributed by atoms with van der Waals surface area (Å²) in [4.78, 5) is 7.28. The third-order valence-corrected chi connectivity index (χ3v) is 2.98. The van der Waals surface area contributed by atoms with Gasteiger partial charge in [-0.15, -0.1) is 0 Å². The Balaban J connectivity index is 2.27. The van der Waals surface area contributed by atoms with Gasteiger partial charge < -0.3 is 5.32 Å². The number of halogens is 3. The standard InChI is InChI=1S/C10H6Br2FN3/c11-6-1-2-8(7(12)3-6)16-10-4-9(13)14-5-15-10/h1-5H,(H,14,15,16). The first-order chi connectivity index (χ1) is 7.65. The first-order valence-corrected chi connectivity index (χ1v) is 5.93. The molecule has 1 aromatic carbocycles. The highest BCUT2D eigenvalue weighted by molar-refractivity contribution is 9.11. The van der Waals surface area contributed by atoms with Crippen molar-refractivity contribution in [2.45, 2.75) is 0 Å². The highest BCUT2D eigenvalue weighted by Crippen LogP contribution is 2.28. The molecular formula is C10H6Br2FN3. The van der Waals surface area contributed by atoms with Crippen LogP contribution in [0, 0.1) is 5.95 Å². The van der Waals surface area contributed by atoms with Crippen LogP contribution in [0.15, 0.2) is 39.5 Å². The number of hydrogen-bond acceptors (Lipinski definition) is 3. The molecule has 0 radical (unpaired) electrons. The van der Waals surface area contributed by atoms with Crippen molar-refractivity contribution in [1.82, 2.24) is 9.97 Å². The van der Waals surface area contributed by atoms with Gasteiger partial charge in [-0.25, -0.2) is 9.97 Å². The van der Waals surface area contributed by atoms with E-state index in [1.165, 1.54) is 12.4 Å².